The molecule has 0 aliphatic carbocycles. The van der Waals surface area contributed by atoms with Crippen LogP contribution < -0.4 is 0 Å². The van der Waals surface area contributed by atoms with Crippen molar-refractivity contribution >= 4 is 5.97 Å². The number of ether oxygens (including phenoxy) is 3. The van der Waals surface area contributed by atoms with Gasteiger partial charge in [-0.05, 0) is 13.3 Å². The van der Waals surface area contributed by atoms with Crippen LogP contribution in [0.1, 0.15) is 52.4 Å². The summed E-state index contributed by atoms with van der Waals surface area (Å²) in [6, 6.07) is 0. The SMILES string of the molecule is CCCCCCCC(=O)OC[C@H]1OC(OCC)[C@H](O)[C@@H](O)[C@@H]1O. The van der Waals surface area contributed by atoms with Gasteiger partial charge in [0.05, 0.1) is 0 Å². The van der Waals surface area contributed by atoms with E-state index < -0.39 is 30.7 Å². The zero-order valence-corrected chi connectivity index (χ0v) is 14.0. The maximum atomic E-state index is 11.7. The number of hydrogen-bond donors (Lipinski definition) is 3. The monoisotopic (exact) mass is 334 g/mol. The summed E-state index contributed by atoms with van der Waals surface area (Å²) in [5.74, 6) is -0.356. The Labute approximate surface area is 137 Å². The highest BCUT2D eigenvalue weighted by atomic mass is 16.7. The molecular formula is C16H30O7. The molecular weight excluding hydrogens is 304 g/mol. The molecule has 1 heterocycles. The molecule has 0 aromatic heterocycles. The second-order valence-electron chi connectivity index (χ2n) is 5.82. The lowest BCUT2D eigenvalue weighted by atomic mass is 9.99. The Bertz CT molecular complexity index is 336. The first kappa shape index (κ1) is 20.3. The smallest absolute Gasteiger partial charge is 0.305 e. The molecule has 0 aromatic rings. The van der Waals surface area contributed by atoms with Crippen LogP contribution in [0.25, 0.3) is 0 Å². The van der Waals surface area contributed by atoms with E-state index in [0.717, 1.165) is 32.1 Å². The van der Waals surface area contributed by atoms with Crippen LogP contribution in [-0.4, -0.2) is 65.2 Å². The van der Waals surface area contributed by atoms with E-state index in [-0.39, 0.29) is 19.2 Å². The highest BCUT2D eigenvalue weighted by Crippen LogP contribution is 2.22. The van der Waals surface area contributed by atoms with Gasteiger partial charge in [-0.3, -0.25) is 4.79 Å². The molecule has 0 saturated carbocycles. The van der Waals surface area contributed by atoms with Crippen molar-refractivity contribution in [3.63, 3.8) is 0 Å². The lowest BCUT2D eigenvalue weighted by Crippen LogP contribution is -2.59. The Balaban J connectivity index is 2.32. The Kier molecular flexibility index (Phi) is 9.66. The maximum absolute atomic E-state index is 11.7. The summed E-state index contributed by atoms with van der Waals surface area (Å²) in [5, 5.41) is 29.5. The first-order valence-electron chi connectivity index (χ1n) is 8.48. The highest BCUT2D eigenvalue weighted by molar-refractivity contribution is 5.69. The van der Waals surface area contributed by atoms with Crippen LogP contribution in [-0.2, 0) is 19.0 Å². The molecule has 1 saturated heterocycles. The average molecular weight is 334 g/mol. The molecule has 0 spiro atoms. The van der Waals surface area contributed by atoms with Crippen LogP contribution in [0.3, 0.4) is 0 Å². The van der Waals surface area contributed by atoms with Crippen molar-refractivity contribution < 1.29 is 34.3 Å². The third-order valence-corrected chi connectivity index (χ3v) is 3.89. The number of carbonyl (C=O) groups excluding carboxylic acids is 1. The predicted octanol–water partition coefficient (Wildman–Crippen LogP) is 0.734. The van der Waals surface area contributed by atoms with Crippen LogP contribution in [0.15, 0.2) is 0 Å². The van der Waals surface area contributed by atoms with Gasteiger partial charge in [-0.25, -0.2) is 0 Å². The molecule has 136 valence electrons. The fourth-order valence-corrected chi connectivity index (χ4v) is 2.48. The van der Waals surface area contributed by atoms with E-state index in [1.54, 1.807) is 6.92 Å². The summed E-state index contributed by atoms with van der Waals surface area (Å²) in [6.45, 7) is 3.96. The van der Waals surface area contributed by atoms with Crippen molar-refractivity contribution in [1.29, 1.82) is 0 Å². The largest absolute Gasteiger partial charge is 0.463 e. The topological polar surface area (TPSA) is 105 Å². The van der Waals surface area contributed by atoms with E-state index >= 15 is 0 Å². The highest BCUT2D eigenvalue weighted by Gasteiger charge is 2.44. The van der Waals surface area contributed by atoms with Gasteiger partial charge in [0.15, 0.2) is 6.29 Å². The predicted molar refractivity (Wildman–Crippen MR) is 82.6 cm³/mol. The molecule has 1 fully saturated rings. The molecule has 0 aromatic carbocycles. The minimum atomic E-state index is -1.40. The number of aliphatic hydroxyl groups excluding tert-OH is 3. The van der Waals surface area contributed by atoms with Crippen LogP contribution in [0.5, 0.6) is 0 Å². The molecule has 1 unspecified atom stereocenters. The quantitative estimate of drug-likeness (QED) is 0.399. The summed E-state index contributed by atoms with van der Waals surface area (Å²) in [5.41, 5.74) is 0. The van der Waals surface area contributed by atoms with Crippen molar-refractivity contribution in [1.82, 2.24) is 0 Å². The molecule has 7 nitrogen and oxygen atoms in total. The van der Waals surface area contributed by atoms with E-state index in [0.29, 0.717) is 6.42 Å². The standard InChI is InChI=1S/C16H30O7/c1-3-5-6-7-8-9-12(17)22-10-11-13(18)14(19)15(20)16(23-11)21-4-2/h11,13-16,18-20H,3-10H2,1-2H3/t11-,13-,14+,15-,16?/m1/s1. The van der Waals surface area contributed by atoms with Crippen LogP contribution in [0.2, 0.25) is 0 Å². The summed E-state index contributed by atoms with van der Waals surface area (Å²) in [4.78, 5) is 11.7. The van der Waals surface area contributed by atoms with Gasteiger partial charge in [-0.15, -0.1) is 0 Å². The molecule has 23 heavy (non-hydrogen) atoms. The van der Waals surface area contributed by atoms with Gasteiger partial charge in [0.2, 0.25) is 0 Å². The number of carbonyl (C=O) groups is 1. The second-order valence-corrected chi connectivity index (χ2v) is 5.82. The molecule has 1 aliphatic heterocycles. The van der Waals surface area contributed by atoms with Gasteiger partial charge in [-0.1, -0.05) is 32.6 Å². The molecule has 1 aliphatic rings. The molecule has 3 N–H and O–H groups in total. The first-order chi connectivity index (χ1) is 11.0. The van der Waals surface area contributed by atoms with Gasteiger partial charge >= 0.3 is 5.97 Å². The maximum Gasteiger partial charge on any atom is 0.305 e. The number of esters is 1. The molecule has 5 atom stereocenters. The van der Waals surface area contributed by atoms with Crippen LogP contribution in [0, 0.1) is 0 Å². The Morgan fingerprint density at radius 3 is 2.35 bits per heavy atom. The summed E-state index contributed by atoms with van der Waals surface area (Å²) in [7, 11) is 0. The first-order valence-corrected chi connectivity index (χ1v) is 8.48. The number of aliphatic hydroxyl groups is 3. The zero-order valence-electron chi connectivity index (χ0n) is 14.0. The van der Waals surface area contributed by atoms with Gasteiger partial charge in [0, 0.05) is 13.0 Å². The summed E-state index contributed by atoms with van der Waals surface area (Å²) >= 11 is 0. The van der Waals surface area contributed by atoms with Crippen molar-refractivity contribution in [3.05, 3.63) is 0 Å². The van der Waals surface area contributed by atoms with Gasteiger partial charge < -0.3 is 29.5 Å². The summed E-state index contributed by atoms with van der Waals surface area (Å²) in [6.07, 6.45) is -0.538. The van der Waals surface area contributed by atoms with E-state index in [4.69, 9.17) is 14.2 Å². The fourth-order valence-electron chi connectivity index (χ4n) is 2.48. The van der Waals surface area contributed by atoms with Gasteiger partial charge in [0.1, 0.15) is 31.0 Å². The van der Waals surface area contributed by atoms with E-state index in [9.17, 15) is 20.1 Å². The van der Waals surface area contributed by atoms with E-state index in [2.05, 4.69) is 6.92 Å². The molecule has 0 radical (unpaired) electrons. The molecule has 0 amide bonds. The minimum absolute atomic E-state index is 0.178. The van der Waals surface area contributed by atoms with E-state index in [1.165, 1.54) is 0 Å². The van der Waals surface area contributed by atoms with E-state index in [1.807, 2.05) is 0 Å². The zero-order chi connectivity index (χ0) is 17.2. The van der Waals surface area contributed by atoms with Gasteiger partial charge in [-0.2, -0.15) is 0 Å². The lowest BCUT2D eigenvalue weighted by molar-refractivity contribution is -0.300. The number of unbranched alkanes of at least 4 members (excludes halogenated alkanes) is 4. The third kappa shape index (κ3) is 6.73. The van der Waals surface area contributed by atoms with Crippen molar-refractivity contribution in [2.24, 2.45) is 0 Å². The summed E-state index contributed by atoms with van der Waals surface area (Å²) < 4.78 is 15.6. The molecule has 0 bridgehead atoms. The number of rotatable bonds is 10. The third-order valence-electron chi connectivity index (χ3n) is 3.89. The Morgan fingerprint density at radius 2 is 1.70 bits per heavy atom. The van der Waals surface area contributed by atoms with Gasteiger partial charge in [0.25, 0.3) is 0 Å². The second kappa shape index (κ2) is 10.9. The minimum Gasteiger partial charge on any atom is -0.463 e. The van der Waals surface area contributed by atoms with Crippen molar-refractivity contribution in [2.75, 3.05) is 13.2 Å². The molecule has 1 rings (SSSR count). The van der Waals surface area contributed by atoms with Crippen molar-refractivity contribution in [2.45, 2.75) is 83.1 Å². The number of hydrogen-bond acceptors (Lipinski definition) is 7. The average Bonchev–Trinajstić information content (AvgIpc) is 2.54. The lowest BCUT2D eigenvalue weighted by Gasteiger charge is -2.39. The normalized spacial score (nSPS) is 31.1. The fraction of sp³-hybridized carbons (Fsp3) is 0.938. The van der Waals surface area contributed by atoms with Crippen LogP contribution in [0.4, 0.5) is 0 Å². The Morgan fingerprint density at radius 1 is 1.00 bits per heavy atom. The van der Waals surface area contributed by atoms with Crippen molar-refractivity contribution in [3.8, 4) is 0 Å². The Hall–Kier alpha value is -0.730. The molecule has 7 heteroatoms. The van der Waals surface area contributed by atoms with Crippen LogP contribution >= 0.6 is 0 Å².